The fourth-order valence-electron chi connectivity index (χ4n) is 2.22. The molecule has 1 aromatic heterocycles. The van der Waals surface area contributed by atoms with Crippen LogP contribution in [0, 0.1) is 11.3 Å². The van der Waals surface area contributed by atoms with Gasteiger partial charge in [0.2, 0.25) is 0 Å². The number of hydrogen-bond donors (Lipinski definition) is 0. The highest BCUT2D eigenvalue weighted by Gasteiger charge is 2.19. The highest BCUT2D eigenvalue weighted by Crippen LogP contribution is 2.24. The van der Waals surface area contributed by atoms with Crippen LogP contribution < -0.4 is 4.90 Å². The van der Waals surface area contributed by atoms with Crippen molar-refractivity contribution in [2.45, 2.75) is 38.1 Å². The molecule has 0 amide bonds. The second kappa shape index (κ2) is 4.93. The van der Waals surface area contributed by atoms with Crippen molar-refractivity contribution >= 4 is 5.82 Å². The van der Waals surface area contributed by atoms with E-state index in [1.165, 1.54) is 38.3 Å². The summed E-state index contributed by atoms with van der Waals surface area (Å²) in [7, 11) is 2.06. The van der Waals surface area contributed by atoms with E-state index in [9.17, 15) is 0 Å². The van der Waals surface area contributed by atoms with Gasteiger partial charge in [0.05, 0.1) is 12.4 Å². The largest absolute Gasteiger partial charge is 0.355 e. The number of anilines is 1. The molecular formula is C12H16N4. The lowest BCUT2D eigenvalue weighted by atomic mass is 9.94. The van der Waals surface area contributed by atoms with Gasteiger partial charge in [-0.15, -0.1) is 0 Å². The Morgan fingerprint density at radius 1 is 1.25 bits per heavy atom. The maximum absolute atomic E-state index is 8.65. The lowest BCUT2D eigenvalue weighted by Crippen LogP contribution is -2.33. The first-order chi connectivity index (χ1) is 7.81. The second-order valence-corrected chi connectivity index (χ2v) is 4.27. The summed E-state index contributed by atoms with van der Waals surface area (Å²) in [6.45, 7) is 0. The van der Waals surface area contributed by atoms with E-state index in [2.05, 4.69) is 21.9 Å². The summed E-state index contributed by atoms with van der Waals surface area (Å²) >= 11 is 0. The molecule has 1 fully saturated rings. The number of nitriles is 1. The zero-order chi connectivity index (χ0) is 11.4. The van der Waals surface area contributed by atoms with Crippen molar-refractivity contribution in [1.82, 2.24) is 9.97 Å². The molecule has 4 heteroatoms. The SMILES string of the molecule is CN(c1cnc(C#N)cn1)C1CCCCC1. The van der Waals surface area contributed by atoms with Crippen LogP contribution in [-0.4, -0.2) is 23.1 Å². The average Bonchev–Trinajstić information content (AvgIpc) is 2.39. The molecule has 0 radical (unpaired) electrons. The lowest BCUT2D eigenvalue weighted by Gasteiger charge is -2.31. The summed E-state index contributed by atoms with van der Waals surface area (Å²) in [4.78, 5) is 10.5. The Hall–Kier alpha value is -1.63. The first-order valence-corrected chi connectivity index (χ1v) is 5.76. The number of aromatic nitrogens is 2. The molecule has 1 aliphatic carbocycles. The Morgan fingerprint density at radius 3 is 2.56 bits per heavy atom. The molecular weight excluding hydrogens is 200 g/mol. The van der Waals surface area contributed by atoms with Gasteiger partial charge in [-0.05, 0) is 12.8 Å². The minimum absolute atomic E-state index is 0.376. The molecule has 0 spiro atoms. The van der Waals surface area contributed by atoms with Crippen molar-refractivity contribution in [3.05, 3.63) is 18.1 Å². The van der Waals surface area contributed by atoms with Crippen molar-refractivity contribution in [1.29, 1.82) is 5.26 Å². The predicted molar refractivity (Wildman–Crippen MR) is 62.0 cm³/mol. The molecule has 0 unspecified atom stereocenters. The Balaban J connectivity index is 2.07. The van der Waals surface area contributed by atoms with E-state index in [4.69, 9.17) is 5.26 Å². The monoisotopic (exact) mass is 216 g/mol. The van der Waals surface area contributed by atoms with Crippen molar-refractivity contribution in [2.75, 3.05) is 11.9 Å². The molecule has 0 N–H and O–H groups in total. The number of rotatable bonds is 2. The van der Waals surface area contributed by atoms with E-state index in [1.54, 1.807) is 6.20 Å². The van der Waals surface area contributed by atoms with Gasteiger partial charge in [0, 0.05) is 13.1 Å². The predicted octanol–water partition coefficient (Wildman–Crippen LogP) is 2.12. The van der Waals surface area contributed by atoms with E-state index in [0.717, 1.165) is 5.82 Å². The summed E-state index contributed by atoms with van der Waals surface area (Å²) in [5.74, 6) is 0.867. The summed E-state index contributed by atoms with van der Waals surface area (Å²) in [5.41, 5.74) is 0.376. The standard InChI is InChI=1S/C12H16N4/c1-16(11-5-3-2-4-6-11)12-9-14-10(7-13)8-15-12/h8-9,11H,2-6H2,1H3. The fraction of sp³-hybridized carbons (Fsp3) is 0.583. The molecule has 1 heterocycles. The van der Waals surface area contributed by atoms with Gasteiger partial charge in [-0.2, -0.15) is 5.26 Å². The molecule has 1 saturated carbocycles. The van der Waals surface area contributed by atoms with E-state index in [0.29, 0.717) is 11.7 Å². The molecule has 0 atom stereocenters. The van der Waals surface area contributed by atoms with Gasteiger partial charge in [-0.1, -0.05) is 19.3 Å². The molecule has 0 aliphatic heterocycles. The van der Waals surface area contributed by atoms with Gasteiger partial charge in [-0.25, -0.2) is 9.97 Å². The second-order valence-electron chi connectivity index (χ2n) is 4.27. The molecule has 0 aromatic carbocycles. The van der Waals surface area contributed by atoms with Gasteiger partial charge < -0.3 is 4.90 Å². The lowest BCUT2D eigenvalue weighted by molar-refractivity contribution is 0.426. The van der Waals surface area contributed by atoms with Crippen LogP contribution in [0.5, 0.6) is 0 Å². The molecule has 0 saturated heterocycles. The zero-order valence-electron chi connectivity index (χ0n) is 9.56. The Kier molecular flexibility index (Phi) is 3.35. The summed E-state index contributed by atoms with van der Waals surface area (Å²) in [5, 5.41) is 8.65. The van der Waals surface area contributed by atoms with Crippen LogP contribution in [0.4, 0.5) is 5.82 Å². The molecule has 0 bridgehead atoms. The Bertz CT molecular complexity index is 373. The average molecular weight is 216 g/mol. The van der Waals surface area contributed by atoms with Gasteiger partial charge in [-0.3, -0.25) is 0 Å². The normalized spacial score (nSPS) is 16.8. The Morgan fingerprint density at radius 2 is 2.00 bits per heavy atom. The zero-order valence-corrected chi connectivity index (χ0v) is 9.56. The van der Waals surface area contributed by atoms with E-state index in [-0.39, 0.29) is 0 Å². The molecule has 1 aliphatic rings. The van der Waals surface area contributed by atoms with Crippen LogP contribution in [0.1, 0.15) is 37.8 Å². The van der Waals surface area contributed by atoms with Gasteiger partial charge in [0.25, 0.3) is 0 Å². The minimum Gasteiger partial charge on any atom is -0.355 e. The first-order valence-electron chi connectivity index (χ1n) is 5.76. The fourth-order valence-corrected chi connectivity index (χ4v) is 2.22. The maximum atomic E-state index is 8.65. The topological polar surface area (TPSA) is 52.8 Å². The molecule has 2 rings (SSSR count). The van der Waals surface area contributed by atoms with Crippen molar-refractivity contribution in [3.63, 3.8) is 0 Å². The highest BCUT2D eigenvalue weighted by atomic mass is 15.2. The van der Waals surface area contributed by atoms with Gasteiger partial charge in [0.1, 0.15) is 11.9 Å². The van der Waals surface area contributed by atoms with Crippen LogP contribution in [-0.2, 0) is 0 Å². The van der Waals surface area contributed by atoms with Crippen molar-refractivity contribution in [2.24, 2.45) is 0 Å². The third-order valence-electron chi connectivity index (χ3n) is 3.24. The third kappa shape index (κ3) is 2.30. The summed E-state index contributed by atoms with van der Waals surface area (Å²) < 4.78 is 0. The van der Waals surface area contributed by atoms with E-state index >= 15 is 0 Å². The Labute approximate surface area is 95.9 Å². The smallest absolute Gasteiger partial charge is 0.158 e. The summed E-state index contributed by atoms with van der Waals surface area (Å²) in [6.07, 6.45) is 9.65. The first kappa shape index (κ1) is 10.9. The van der Waals surface area contributed by atoms with E-state index in [1.807, 2.05) is 6.07 Å². The number of nitrogens with zero attached hydrogens (tertiary/aromatic N) is 4. The molecule has 84 valence electrons. The van der Waals surface area contributed by atoms with E-state index < -0.39 is 0 Å². The van der Waals surface area contributed by atoms with Crippen LogP contribution in [0.25, 0.3) is 0 Å². The van der Waals surface area contributed by atoms with Crippen LogP contribution >= 0.6 is 0 Å². The number of hydrogen-bond acceptors (Lipinski definition) is 4. The van der Waals surface area contributed by atoms with Crippen molar-refractivity contribution < 1.29 is 0 Å². The highest BCUT2D eigenvalue weighted by molar-refractivity contribution is 5.37. The summed E-state index contributed by atoms with van der Waals surface area (Å²) in [6, 6.07) is 2.56. The molecule has 4 nitrogen and oxygen atoms in total. The van der Waals surface area contributed by atoms with Crippen LogP contribution in [0.15, 0.2) is 12.4 Å². The molecule has 1 aromatic rings. The van der Waals surface area contributed by atoms with Crippen molar-refractivity contribution in [3.8, 4) is 6.07 Å². The maximum Gasteiger partial charge on any atom is 0.158 e. The quantitative estimate of drug-likeness (QED) is 0.759. The third-order valence-corrected chi connectivity index (χ3v) is 3.24. The minimum atomic E-state index is 0.376. The van der Waals surface area contributed by atoms with Gasteiger partial charge in [0.15, 0.2) is 5.69 Å². The molecule has 16 heavy (non-hydrogen) atoms. The van der Waals surface area contributed by atoms with Gasteiger partial charge >= 0.3 is 0 Å². The van der Waals surface area contributed by atoms with Crippen LogP contribution in [0.3, 0.4) is 0 Å². The van der Waals surface area contributed by atoms with Crippen LogP contribution in [0.2, 0.25) is 0 Å².